The molecule has 3 aromatic rings. The summed E-state index contributed by atoms with van der Waals surface area (Å²) in [5, 5.41) is 12.9. The molecule has 0 spiro atoms. The standard InChI is InChI=1S/C18H16F3N7O2/c1-9-8-27(11-4-2-10(3-5-11)18(19,20)21)17(30)15-13(7-23-28(9)15)24-16(29)12-6-14(22)26-25-12/h2-7,9H,8H2,1H3,(H,24,29)(H3,22,25,26)/t9-/m0/s1. The normalized spacial score (nSPS) is 16.5. The number of alkyl halides is 3. The lowest BCUT2D eigenvalue weighted by molar-refractivity contribution is -0.137. The molecule has 0 aliphatic carbocycles. The zero-order valence-electron chi connectivity index (χ0n) is 15.6. The molecule has 4 N–H and O–H groups in total. The van der Waals surface area contributed by atoms with Crippen LogP contribution in [-0.2, 0) is 6.18 Å². The predicted octanol–water partition coefficient (Wildman–Crippen LogP) is 2.68. The summed E-state index contributed by atoms with van der Waals surface area (Å²) in [6.45, 7) is 2.02. The Kier molecular flexibility index (Phi) is 4.48. The Hall–Kier alpha value is -3.83. The Morgan fingerprint density at radius 2 is 2.00 bits per heavy atom. The number of benzene rings is 1. The number of hydrogen-bond acceptors (Lipinski definition) is 5. The number of nitrogens with two attached hydrogens (primary N) is 1. The van der Waals surface area contributed by atoms with Crippen molar-refractivity contribution >= 4 is 29.0 Å². The predicted molar refractivity (Wildman–Crippen MR) is 101 cm³/mol. The van der Waals surface area contributed by atoms with Crippen LogP contribution in [0.15, 0.2) is 36.5 Å². The largest absolute Gasteiger partial charge is 0.416 e. The number of anilines is 3. The maximum atomic E-state index is 13.1. The Morgan fingerprint density at radius 1 is 1.30 bits per heavy atom. The minimum atomic E-state index is -4.47. The molecular weight excluding hydrogens is 403 g/mol. The Labute approximate surface area is 167 Å². The maximum absolute atomic E-state index is 13.1. The number of nitrogens with one attached hydrogen (secondary N) is 2. The van der Waals surface area contributed by atoms with E-state index in [4.69, 9.17) is 5.73 Å². The van der Waals surface area contributed by atoms with Crippen LogP contribution in [0.3, 0.4) is 0 Å². The van der Waals surface area contributed by atoms with Gasteiger partial charge in [0.15, 0.2) is 5.69 Å². The number of nitrogen functional groups attached to an aromatic ring is 1. The van der Waals surface area contributed by atoms with Gasteiger partial charge in [0, 0.05) is 18.3 Å². The summed E-state index contributed by atoms with van der Waals surface area (Å²) in [5.74, 6) is -0.928. The molecule has 4 rings (SSSR count). The minimum absolute atomic E-state index is 0.100. The number of carbonyl (C=O) groups is 2. The van der Waals surface area contributed by atoms with Crippen molar-refractivity contribution in [3.05, 3.63) is 53.5 Å². The van der Waals surface area contributed by atoms with Crippen LogP contribution < -0.4 is 16.0 Å². The average Bonchev–Trinajstić information content (AvgIpc) is 3.31. The van der Waals surface area contributed by atoms with Gasteiger partial charge >= 0.3 is 6.18 Å². The van der Waals surface area contributed by atoms with Crippen molar-refractivity contribution in [3.8, 4) is 0 Å². The second kappa shape index (κ2) is 6.90. The fourth-order valence-corrected chi connectivity index (χ4v) is 3.25. The average molecular weight is 419 g/mol. The molecule has 1 atom stereocenters. The summed E-state index contributed by atoms with van der Waals surface area (Å²) in [5.41, 5.74) is 5.39. The smallest absolute Gasteiger partial charge is 0.382 e. The summed E-state index contributed by atoms with van der Waals surface area (Å²) in [4.78, 5) is 26.8. The first-order chi connectivity index (χ1) is 14.1. The molecule has 1 aliphatic heterocycles. The van der Waals surface area contributed by atoms with Crippen LogP contribution in [0, 0.1) is 0 Å². The van der Waals surface area contributed by atoms with E-state index in [9.17, 15) is 22.8 Å². The van der Waals surface area contributed by atoms with Crippen molar-refractivity contribution in [2.24, 2.45) is 0 Å². The Morgan fingerprint density at radius 3 is 2.60 bits per heavy atom. The summed E-state index contributed by atoms with van der Waals surface area (Å²) in [6, 6.07) is 5.39. The molecule has 0 fully saturated rings. The Balaban J connectivity index is 1.63. The van der Waals surface area contributed by atoms with Crippen LogP contribution in [0.1, 0.15) is 39.5 Å². The molecular formula is C18H16F3N7O2. The number of carbonyl (C=O) groups excluding carboxylic acids is 2. The highest BCUT2D eigenvalue weighted by Gasteiger charge is 2.35. The van der Waals surface area contributed by atoms with Crippen LogP contribution in [0.2, 0.25) is 0 Å². The van der Waals surface area contributed by atoms with E-state index in [-0.39, 0.29) is 35.5 Å². The summed E-state index contributed by atoms with van der Waals surface area (Å²) < 4.78 is 39.9. The second-order valence-corrected chi connectivity index (χ2v) is 6.82. The first-order valence-corrected chi connectivity index (χ1v) is 8.84. The molecule has 0 radical (unpaired) electrons. The molecule has 0 bridgehead atoms. The van der Waals surface area contributed by atoms with E-state index in [0.29, 0.717) is 5.69 Å². The van der Waals surface area contributed by atoms with Crippen LogP contribution in [0.4, 0.5) is 30.4 Å². The number of H-pyrrole nitrogens is 1. The first kappa shape index (κ1) is 19.5. The van der Waals surface area contributed by atoms with Crippen molar-refractivity contribution < 1.29 is 22.8 Å². The number of hydrogen-bond donors (Lipinski definition) is 3. The van der Waals surface area contributed by atoms with Gasteiger partial charge in [0.2, 0.25) is 0 Å². The molecule has 30 heavy (non-hydrogen) atoms. The lowest BCUT2D eigenvalue weighted by Crippen LogP contribution is -2.43. The quantitative estimate of drug-likeness (QED) is 0.603. The number of halogens is 3. The summed E-state index contributed by atoms with van der Waals surface area (Å²) in [6.07, 6.45) is -3.12. The lowest BCUT2D eigenvalue weighted by Gasteiger charge is -2.32. The fourth-order valence-electron chi connectivity index (χ4n) is 3.25. The lowest BCUT2D eigenvalue weighted by atomic mass is 10.1. The van der Waals surface area contributed by atoms with Crippen molar-refractivity contribution in [3.63, 3.8) is 0 Å². The molecule has 0 saturated heterocycles. The fraction of sp³-hybridized carbons (Fsp3) is 0.222. The number of rotatable bonds is 3. The monoisotopic (exact) mass is 419 g/mol. The van der Waals surface area contributed by atoms with Crippen LogP contribution >= 0.6 is 0 Å². The van der Waals surface area contributed by atoms with Crippen LogP contribution in [0.5, 0.6) is 0 Å². The van der Waals surface area contributed by atoms with Gasteiger partial charge in [-0.05, 0) is 31.2 Å². The van der Waals surface area contributed by atoms with Gasteiger partial charge in [0.1, 0.15) is 11.5 Å². The molecule has 1 aromatic carbocycles. The van der Waals surface area contributed by atoms with Gasteiger partial charge in [0.25, 0.3) is 11.8 Å². The first-order valence-electron chi connectivity index (χ1n) is 8.84. The zero-order chi connectivity index (χ0) is 21.6. The van der Waals surface area contributed by atoms with E-state index in [2.05, 4.69) is 20.6 Å². The second-order valence-electron chi connectivity index (χ2n) is 6.82. The van der Waals surface area contributed by atoms with Crippen molar-refractivity contribution in [2.45, 2.75) is 19.1 Å². The molecule has 2 amide bonds. The van der Waals surface area contributed by atoms with Gasteiger partial charge in [-0.2, -0.15) is 23.4 Å². The number of aromatic amines is 1. The third-order valence-corrected chi connectivity index (χ3v) is 4.70. The maximum Gasteiger partial charge on any atom is 0.416 e. The van der Waals surface area contributed by atoms with Crippen molar-refractivity contribution in [1.82, 2.24) is 20.0 Å². The van der Waals surface area contributed by atoms with Gasteiger partial charge in [-0.3, -0.25) is 19.4 Å². The molecule has 3 heterocycles. The molecule has 2 aromatic heterocycles. The third kappa shape index (κ3) is 3.36. The SMILES string of the molecule is C[C@H]1CN(c2ccc(C(F)(F)F)cc2)C(=O)c2c(NC(=O)c3cc(N)n[nH]3)cnn21. The van der Waals surface area contributed by atoms with Gasteiger partial charge in [0.05, 0.1) is 23.5 Å². The van der Waals surface area contributed by atoms with E-state index in [1.807, 2.05) is 0 Å². The van der Waals surface area contributed by atoms with E-state index < -0.39 is 23.6 Å². The van der Waals surface area contributed by atoms with Gasteiger partial charge in [-0.15, -0.1) is 0 Å². The van der Waals surface area contributed by atoms with E-state index in [1.165, 1.54) is 34.0 Å². The molecule has 9 nitrogen and oxygen atoms in total. The topological polar surface area (TPSA) is 122 Å². The highest BCUT2D eigenvalue weighted by atomic mass is 19.4. The summed E-state index contributed by atoms with van der Waals surface area (Å²) >= 11 is 0. The Bertz CT molecular complexity index is 1120. The number of nitrogens with zero attached hydrogens (tertiary/aromatic N) is 4. The number of aromatic nitrogens is 4. The van der Waals surface area contributed by atoms with Gasteiger partial charge < -0.3 is 16.0 Å². The minimum Gasteiger partial charge on any atom is -0.382 e. The number of fused-ring (bicyclic) bond motifs is 1. The van der Waals surface area contributed by atoms with Crippen LogP contribution in [-0.4, -0.2) is 38.3 Å². The van der Waals surface area contributed by atoms with E-state index in [1.54, 1.807) is 6.92 Å². The van der Waals surface area contributed by atoms with Crippen molar-refractivity contribution in [1.29, 1.82) is 0 Å². The summed E-state index contributed by atoms with van der Waals surface area (Å²) in [7, 11) is 0. The third-order valence-electron chi connectivity index (χ3n) is 4.70. The van der Waals surface area contributed by atoms with E-state index in [0.717, 1.165) is 12.1 Å². The van der Waals surface area contributed by atoms with E-state index >= 15 is 0 Å². The highest BCUT2D eigenvalue weighted by molar-refractivity contribution is 6.12. The van der Waals surface area contributed by atoms with Gasteiger partial charge in [-0.25, -0.2) is 0 Å². The zero-order valence-corrected chi connectivity index (χ0v) is 15.6. The molecule has 12 heteroatoms. The van der Waals surface area contributed by atoms with Gasteiger partial charge in [-0.1, -0.05) is 0 Å². The molecule has 1 aliphatic rings. The molecule has 0 saturated carbocycles. The highest BCUT2D eigenvalue weighted by Crippen LogP contribution is 2.33. The molecule has 0 unspecified atom stereocenters. The van der Waals surface area contributed by atoms with Crippen LogP contribution in [0.25, 0.3) is 0 Å². The van der Waals surface area contributed by atoms with Crippen molar-refractivity contribution in [2.75, 3.05) is 22.5 Å². The molecule has 156 valence electrons. The number of amides is 2.